The Bertz CT molecular complexity index is 553. The molecule has 3 heteroatoms. The third kappa shape index (κ3) is 2.75. The second-order valence-electron chi connectivity index (χ2n) is 5.43. The van der Waals surface area contributed by atoms with Crippen molar-refractivity contribution in [1.82, 2.24) is 9.97 Å². The molecular weight excluding hydrogens is 234 g/mol. The predicted molar refractivity (Wildman–Crippen MR) is 76.8 cm³/mol. The second-order valence-corrected chi connectivity index (χ2v) is 5.43. The van der Waals surface area contributed by atoms with Gasteiger partial charge in [0.1, 0.15) is 0 Å². The quantitative estimate of drug-likeness (QED) is 0.904. The van der Waals surface area contributed by atoms with E-state index in [9.17, 15) is 0 Å². The van der Waals surface area contributed by atoms with E-state index in [0.717, 1.165) is 17.6 Å². The molecule has 1 heterocycles. The zero-order chi connectivity index (χ0) is 13.2. The van der Waals surface area contributed by atoms with Gasteiger partial charge in [-0.3, -0.25) is 0 Å². The van der Waals surface area contributed by atoms with Gasteiger partial charge in [0, 0.05) is 11.9 Å². The highest BCUT2D eigenvalue weighted by atomic mass is 15.1. The Morgan fingerprint density at radius 3 is 2.58 bits per heavy atom. The monoisotopic (exact) mass is 253 g/mol. The summed E-state index contributed by atoms with van der Waals surface area (Å²) in [6.07, 6.45) is 3.08. The van der Waals surface area contributed by atoms with Gasteiger partial charge in [0.15, 0.2) is 0 Å². The summed E-state index contributed by atoms with van der Waals surface area (Å²) in [5.74, 6) is 2.20. The highest BCUT2D eigenvalue weighted by Gasteiger charge is 2.40. The molecule has 0 saturated heterocycles. The summed E-state index contributed by atoms with van der Waals surface area (Å²) in [5, 5.41) is 3.51. The van der Waals surface area contributed by atoms with E-state index in [4.69, 9.17) is 0 Å². The molecule has 1 saturated carbocycles. The molecule has 3 unspecified atom stereocenters. The van der Waals surface area contributed by atoms with Gasteiger partial charge in [-0.1, -0.05) is 37.3 Å². The number of nitrogens with zero attached hydrogens (tertiary/aromatic N) is 2. The van der Waals surface area contributed by atoms with Crippen molar-refractivity contribution in [2.24, 2.45) is 11.8 Å². The average molecular weight is 253 g/mol. The molecule has 0 radical (unpaired) electrons. The van der Waals surface area contributed by atoms with Gasteiger partial charge in [-0.15, -0.1) is 0 Å². The van der Waals surface area contributed by atoms with Crippen LogP contribution in [-0.4, -0.2) is 9.97 Å². The van der Waals surface area contributed by atoms with E-state index in [-0.39, 0.29) is 0 Å². The molecule has 3 rings (SSSR count). The van der Waals surface area contributed by atoms with Gasteiger partial charge in [-0.2, -0.15) is 0 Å². The Morgan fingerprint density at radius 1 is 1.21 bits per heavy atom. The molecule has 1 aliphatic carbocycles. The van der Waals surface area contributed by atoms with Crippen molar-refractivity contribution in [2.75, 3.05) is 5.32 Å². The average Bonchev–Trinajstić information content (AvgIpc) is 3.14. The number of nitrogens with one attached hydrogen (secondary N) is 1. The van der Waals surface area contributed by atoms with Crippen LogP contribution < -0.4 is 5.32 Å². The van der Waals surface area contributed by atoms with Gasteiger partial charge in [0.05, 0.1) is 6.04 Å². The third-order valence-corrected chi connectivity index (χ3v) is 3.84. The molecule has 2 aromatic rings. The maximum Gasteiger partial charge on any atom is 0.223 e. The minimum Gasteiger partial charge on any atom is -0.347 e. The fourth-order valence-electron chi connectivity index (χ4n) is 2.57. The molecule has 1 N–H and O–H groups in total. The molecule has 1 fully saturated rings. The van der Waals surface area contributed by atoms with Gasteiger partial charge in [0.25, 0.3) is 0 Å². The lowest BCUT2D eigenvalue weighted by Gasteiger charge is -2.19. The zero-order valence-corrected chi connectivity index (χ0v) is 11.4. The Labute approximate surface area is 114 Å². The summed E-state index contributed by atoms with van der Waals surface area (Å²) in [6.45, 7) is 4.30. The van der Waals surface area contributed by atoms with Crippen molar-refractivity contribution in [3.05, 3.63) is 53.9 Å². The standard InChI is InChI=1S/C16H19N3/c1-11-10-14(11)15(13-6-4-3-5-7-13)19-16-17-9-8-12(2)18-16/h3-9,11,14-15H,10H2,1-2H3,(H,17,18,19). The summed E-state index contributed by atoms with van der Waals surface area (Å²) in [7, 11) is 0. The Balaban J connectivity index is 1.84. The van der Waals surface area contributed by atoms with E-state index in [1.165, 1.54) is 12.0 Å². The largest absolute Gasteiger partial charge is 0.347 e. The maximum atomic E-state index is 4.45. The van der Waals surface area contributed by atoms with E-state index < -0.39 is 0 Å². The molecule has 3 atom stereocenters. The maximum absolute atomic E-state index is 4.45. The minimum absolute atomic E-state index is 0.318. The number of hydrogen-bond donors (Lipinski definition) is 1. The Kier molecular flexibility index (Phi) is 3.20. The third-order valence-electron chi connectivity index (χ3n) is 3.84. The van der Waals surface area contributed by atoms with E-state index in [0.29, 0.717) is 12.0 Å². The molecule has 3 nitrogen and oxygen atoms in total. The number of aryl methyl sites for hydroxylation is 1. The molecule has 1 aromatic carbocycles. The second kappa shape index (κ2) is 5.00. The van der Waals surface area contributed by atoms with Crippen molar-refractivity contribution in [3.63, 3.8) is 0 Å². The van der Waals surface area contributed by atoms with Gasteiger partial charge < -0.3 is 5.32 Å². The van der Waals surface area contributed by atoms with Crippen LogP contribution >= 0.6 is 0 Å². The van der Waals surface area contributed by atoms with Crippen LogP contribution in [0.4, 0.5) is 5.95 Å². The van der Waals surface area contributed by atoms with E-state index >= 15 is 0 Å². The molecule has 0 bridgehead atoms. The topological polar surface area (TPSA) is 37.8 Å². The Hall–Kier alpha value is -1.90. The first-order chi connectivity index (χ1) is 9.24. The molecule has 1 aliphatic rings. The minimum atomic E-state index is 0.318. The number of benzene rings is 1. The molecule has 0 spiro atoms. The zero-order valence-electron chi connectivity index (χ0n) is 11.4. The molecule has 19 heavy (non-hydrogen) atoms. The Morgan fingerprint density at radius 2 is 1.95 bits per heavy atom. The van der Waals surface area contributed by atoms with E-state index in [2.05, 4.69) is 52.5 Å². The molecule has 0 amide bonds. The number of aromatic nitrogens is 2. The predicted octanol–water partition coefficient (Wildman–Crippen LogP) is 3.59. The molecule has 98 valence electrons. The van der Waals surface area contributed by atoms with Crippen LogP contribution in [-0.2, 0) is 0 Å². The first-order valence-electron chi connectivity index (χ1n) is 6.85. The fraction of sp³-hybridized carbons (Fsp3) is 0.375. The van der Waals surface area contributed by atoms with Gasteiger partial charge in [-0.05, 0) is 36.8 Å². The van der Waals surface area contributed by atoms with Crippen LogP contribution in [0.5, 0.6) is 0 Å². The van der Waals surface area contributed by atoms with E-state index in [1.807, 2.05) is 19.2 Å². The van der Waals surface area contributed by atoms with Crippen LogP contribution in [0.2, 0.25) is 0 Å². The lowest BCUT2D eigenvalue weighted by atomic mass is 10.0. The summed E-state index contributed by atoms with van der Waals surface area (Å²) in [4.78, 5) is 8.77. The van der Waals surface area contributed by atoms with Gasteiger partial charge in [-0.25, -0.2) is 9.97 Å². The highest BCUT2D eigenvalue weighted by Crippen LogP contribution is 2.47. The van der Waals surface area contributed by atoms with Crippen LogP contribution in [0.1, 0.15) is 30.6 Å². The summed E-state index contributed by atoms with van der Waals surface area (Å²) in [5.41, 5.74) is 2.31. The smallest absolute Gasteiger partial charge is 0.223 e. The van der Waals surface area contributed by atoms with Crippen molar-refractivity contribution in [1.29, 1.82) is 0 Å². The molecule has 1 aromatic heterocycles. The number of anilines is 1. The summed E-state index contributed by atoms with van der Waals surface area (Å²) >= 11 is 0. The first-order valence-corrected chi connectivity index (χ1v) is 6.85. The van der Waals surface area contributed by atoms with Crippen LogP contribution in [0.3, 0.4) is 0 Å². The van der Waals surface area contributed by atoms with Crippen LogP contribution in [0.15, 0.2) is 42.6 Å². The normalized spacial score (nSPS) is 22.8. The van der Waals surface area contributed by atoms with Crippen molar-refractivity contribution in [3.8, 4) is 0 Å². The molecular formula is C16H19N3. The van der Waals surface area contributed by atoms with Crippen molar-refractivity contribution < 1.29 is 0 Å². The van der Waals surface area contributed by atoms with Crippen molar-refractivity contribution >= 4 is 5.95 Å². The van der Waals surface area contributed by atoms with Crippen molar-refractivity contribution in [2.45, 2.75) is 26.3 Å². The van der Waals surface area contributed by atoms with Gasteiger partial charge in [0.2, 0.25) is 5.95 Å². The highest BCUT2D eigenvalue weighted by molar-refractivity contribution is 5.34. The molecule has 0 aliphatic heterocycles. The van der Waals surface area contributed by atoms with Gasteiger partial charge >= 0.3 is 0 Å². The fourth-order valence-corrected chi connectivity index (χ4v) is 2.57. The van der Waals surface area contributed by atoms with E-state index in [1.54, 1.807) is 0 Å². The summed E-state index contributed by atoms with van der Waals surface area (Å²) in [6, 6.07) is 12.8. The SMILES string of the molecule is Cc1ccnc(NC(c2ccccc2)C2CC2C)n1. The van der Waals surface area contributed by atoms with Crippen LogP contribution in [0.25, 0.3) is 0 Å². The number of hydrogen-bond acceptors (Lipinski definition) is 3. The number of rotatable bonds is 4. The van der Waals surface area contributed by atoms with Crippen LogP contribution in [0, 0.1) is 18.8 Å². The lowest BCUT2D eigenvalue weighted by Crippen LogP contribution is -2.15. The lowest BCUT2D eigenvalue weighted by molar-refractivity contribution is 0.625. The first kappa shape index (κ1) is 12.2. The summed E-state index contributed by atoms with van der Waals surface area (Å²) < 4.78 is 0.